The van der Waals surface area contributed by atoms with Crippen LogP contribution < -0.4 is 0 Å². The van der Waals surface area contributed by atoms with Gasteiger partial charge in [-0.05, 0) is 13.8 Å². The Balaban J connectivity index is 2.13. The highest BCUT2D eigenvalue weighted by molar-refractivity contribution is 4.94. The Bertz CT molecular complexity index is 609. The molecule has 0 aliphatic carbocycles. The molecule has 0 amide bonds. The van der Waals surface area contributed by atoms with Crippen molar-refractivity contribution in [2.75, 3.05) is 26.4 Å². The number of aliphatic hydroxyl groups excluding tert-OH is 9. The lowest BCUT2D eigenvalue weighted by molar-refractivity contribution is -0.351. The Morgan fingerprint density at radius 2 is 1.43 bits per heavy atom. The van der Waals surface area contributed by atoms with Gasteiger partial charge in [-0.15, -0.1) is 0 Å². The summed E-state index contributed by atoms with van der Waals surface area (Å²) in [6.45, 7) is 1.88. The van der Waals surface area contributed by atoms with Crippen molar-refractivity contribution in [1.82, 2.24) is 0 Å². The fourth-order valence-electron chi connectivity index (χ4n) is 4.11. The number of aliphatic hydroxyl groups is 9. The summed E-state index contributed by atoms with van der Waals surface area (Å²) < 4.78 is 28.2. The van der Waals surface area contributed by atoms with Crippen LogP contribution in [-0.2, 0) is 23.7 Å². The minimum Gasteiger partial charge on any atom is -0.394 e. The molecule has 2 fully saturated rings. The highest BCUT2D eigenvalue weighted by Crippen LogP contribution is 2.33. The van der Waals surface area contributed by atoms with Crippen molar-refractivity contribution < 1.29 is 69.6 Å². The van der Waals surface area contributed by atoms with E-state index in [-0.39, 0.29) is 0 Å². The summed E-state index contributed by atoms with van der Waals surface area (Å²) in [5, 5.41) is 89.1. The smallest absolute Gasteiger partial charge is 0.184 e. The van der Waals surface area contributed by atoms with E-state index in [1.54, 1.807) is 13.8 Å². The molecule has 0 aromatic heterocycles. The Morgan fingerprint density at radius 1 is 0.800 bits per heavy atom. The summed E-state index contributed by atoms with van der Waals surface area (Å²) in [7, 11) is 0. The first-order chi connectivity index (χ1) is 16.5. The van der Waals surface area contributed by atoms with E-state index in [4.69, 9.17) is 28.8 Å². The highest BCUT2D eigenvalue weighted by atomic mass is 16.7. The molecule has 2 saturated heterocycles. The Morgan fingerprint density at radius 3 is 1.94 bits per heavy atom. The molecule has 0 radical (unpaired) electrons. The van der Waals surface area contributed by atoms with Crippen molar-refractivity contribution >= 4 is 0 Å². The molecule has 9 N–H and O–H groups in total. The maximum absolute atomic E-state index is 10.9. The van der Waals surface area contributed by atoms with Crippen LogP contribution in [0.2, 0.25) is 0 Å². The standard InChI is InChI=1S/C21H40O14/c1-8-15(28)19(35-21(9(2)26)32-12(5-23)11(27)4-22)14(7-25)33-20(8)34-18-10(3)31-13(6-24)16(29)17(18)30/h8-30H,4-7H2,1-3H3/t8?,9-,10+,11+,12?,13?,14-,15?,16+,17?,18-,19+,20-,21-/m0/s1. The van der Waals surface area contributed by atoms with Crippen LogP contribution in [0.3, 0.4) is 0 Å². The van der Waals surface area contributed by atoms with E-state index < -0.39 is 112 Å². The highest BCUT2D eigenvalue weighted by Gasteiger charge is 2.50. The normalized spacial score (nSPS) is 41.8. The van der Waals surface area contributed by atoms with Gasteiger partial charge in [-0.2, -0.15) is 0 Å². The van der Waals surface area contributed by atoms with Gasteiger partial charge in [0.1, 0.15) is 54.9 Å². The molecule has 2 rings (SSSR count). The second-order valence-electron chi connectivity index (χ2n) is 9.04. The van der Waals surface area contributed by atoms with E-state index in [1.807, 2.05) is 0 Å². The zero-order chi connectivity index (χ0) is 26.4. The lowest BCUT2D eigenvalue weighted by Gasteiger charge is -2.47. The van der Waals surface area contributed by atoms with Crippen molar-refractivity contribution in [2.24, 2.45) is 5.92 Å². The molecule has 14 nitrogen and oxygen atoms in total. The molecule has 0 aromatic rings. The van der Waals surface area contributed by atoms with Crippen molar-refractivity contribution in [1.29, 1.82) is 0 Å². The summed E-state index contributed by atoms with van der Waals surface area (Å²) in [6, 6.07) is 0. The fraction of sp³-hybridized carbons (Fsp3) is 1.00. The molecular formula is C21H40O14. The van der Waals surface area contributed by atoms with Gasteiger partial charge in [-0.25, -0.2) is 0 Å². The van der Waals surface area contributed by atoms with E-state index in [0.717, 1.165) is 0 Å². The first-order valence-corrected chi connectivity index (χ1v) is 11.6. The van der Waals surface area contributed by atoms with Gasteiger partial charge in [0.15, 0.2) is 12.6 Å². The van der Waals surface area contributed by atoms with Gasteiger partial charge in [0.25, 0.3) is 0 Å². The molecular weight excluding hydrogens is 476 g/mol. The summed E-state index contributed by atoms with van der Waals surface area (Å²) in [6.07, 6.45) is -16.1. The second kappa shape index (κ2) is 13.8. The molecule has 14 atom stereocenters. The predicted octanol–water partition coefficient (Wildman–Crippen LogP) is -4.59. The molecule has 0 bridgehead atoms. The van der Waals surface area contributed by atoms with Crippen LogP contribution in [0.25, 0.3) is 0 Å². The molecule has 2 aliphatic rings. The zero-order valence-corrected chi connectivity index (χ0v) is 20.0. The van der Waals surface area contributed by atoms with Gasteiger partial charge in [-0.3, -0.25) is 0 Å². The van der Waals surface area contributed by atoms with Crippen LogP contribution in [0.15, 0.2) is 0 Å². The topological polar surface area (TPSA) is 228 Å². The Hall–Kier alpha value is -0.560. The number of hydrogen-bond acceptors (Lipinski definition) is 14. The molecule has 2 aliphatic heterocycles. The van der Waals surface area contributed by atoms with Gasteiger partial charge >= 0.3 is 0 Å². The molecule has 35 heavy (non-hydrogen) atoms. The Kier molecular flexibility index (Phi) is 12.1. The maximum atomic E-state index is 10.9. The van der Waals surface area contributed by atoms with Crippen LogP contribution in [0.5, 0.6) is 0 Å². The zero-order valence-electron chi connectivity index (χ0n) is 20.0. The molecule has 2 heterocycles. The minimum absolute atomic E-state index is 0.505. The predicted molar refractivity (Wildman–Crippen MR) is 115 cm³/mol. The van der Waals surface area contributed by atoms with Crippen molar-refractivity contribution in [3.63, 3.8) is 0 Å². The van der Waals surface area contributed by atoms with E-state index in [9.17, 15) is 40.9 Å². The summed E-state index contributed by atoms with van der Waals surface area (Å²) in [4.78, 5) is 0. The van der Waals surface area contributed by atoms with Crippen molar-refractivity contribution in [3.8, 4) is 0 Å². The van der Waals surface area contributed by atoms with Crippen LogP contribution in [0, 0.1) is 5.92 Å². The van der Waals surface area contributed by atoms with Gasteiger partial charge in [-0.1, -0.05) is 6.92 Å². The molecule has 0 spiro atoms. The van der Waals surface area contributed by atoms with E-state index in [1.165, 1.54) is 6.92 Å². The van der Waals surface area contributed by atoms with Gasteiger partial charge < -0.3 is 69.6 Å². The second-order valence-corrected chi connectivity index (χ2v) is 9.04. The van der Waals surface area contributed by atoms with Crippen LogP contribution in [-0.4, -0.2) is 152 Å². The van der Waals surface area contributed by atoms with E-state index in [2.05, 4.69) is 0 Å². The molecule has 0 saturated carbocycles. The first-order valence-electron chi connectivity index (χ1n) is 11.6. The largest absolute Gasteiger partial charge is 0.394 e. The Labute approximate surface area is 203 Å². The quantitative estimate of drug-likeness (QED) is 0.111. The van der Waals surface area contributed by atoms with Gasteiger partial charge in [0.05, 0.1) is 38.6 Å². The maximum Gasteiger partial charge on any atom is 0.184 e. The number of rotatable bonds is 12. The monoisotopic (exact) mass is 516 g/mol. The van der Waals surface area contributed by atoms with Gasteiger partial charge in [0, 0.05) is 5.92 Å². The molecule has 5 unspecified atom stereocenters. The van der Waals surface area contributed by atoms with Crippen LogP contribution >= 0.6 is 0 Å². The third kappa shape index (κ3) is 7.27. The molecule has 0 aromatic carbocycles. The SMILES string of the molecule is CC1C(O)[C@H](O[C@H](OC(CO)[C@H](O)CO)[C@H](C)O)[C@H](CO)O[C@H]1O[C@@H]1C(O)[C@H](O)C(CO)O[C@@H]1C. The van der Waals surface area contributed by atoms with E-state index in [0.29, 0.717) is 0 Å². The average molecular weight is 517 g/mol. The van der Waals surface area contributed by atoms with Gasteiger partial charge in [0.2, 0.25) is 0 Å². The summed E-state index contributed by atoms with van der Waals surface area (Å²) >= 11 is 0. The minimum atomic E-state index is -1.48. The number of hydrogen-bond donors (Lipinski definition) is 9. The lowest BCUT2D eigenvalue weighted by atomic mass is 9.91. The lowest BCUT2D eigenvalue weighted by Crippen LogP contribution is -2.63. The van der Waals surface area contributed by atoms with Crippen molar-refractivity contribution in [2.45, 2.75) is 100 Å². The van der Waals surface area contributed by atoms with Crippen molar-refractivity contribution in [3.05, 3.63) is 0 Å². The third-order valence-electron chi connectivity index (χ3n) is 6.34. The number of ether oxygens (including phenoxy) is 5. The summed E-state index contributed by atoms with van der Waals surface area (Å²) in [5.41, 5.74) is 0. The van der Waals surface area contributed by atoms with Crippen LogP contribution in [0.4, 0.5) is 0 Å². The summed E-state index contributed by atoms with van der Waals surface area (Å²) in [5.74, 6) is -0.804. The first kappa shape index (κ1) is 30.7. The van der Waals surface area contributed by atoms with Crippen LogP contribution in [0.1, 0.15) is 20.8 Å². The molecule has 14 heteroatoms. The fourth-order valence-corrected chi connectivity index (χ4v) is 4.11. The third-order valence-corrected chi connectivity index (χ3v) is 6.34. The van der Waals surface area contributed by atoms with E-state index >= 15 is 0 Å². The molecule has 208 valence electrons. The average Bonchev–Trinajstić information content (AvgIpc) is 2.84.